The van der Waals surface area contributed by atoms with Gasteiger partial charge in [0.1, 0.15) is 0 Å². The van der Waals surface area contributed by atoms with Crippen LogP contribution >= 0.6 is 0 Å². The Labute approximate surface area is 112 Å². The van der Waals surface area contributed by atoms with Crippen molar-refractivity contribution >= 4 is 5.91 Å². The second kappa shape index (κ2) is 4.22. The Bertz CT molecular complexity index is 333. The molecule has 3 heteroatoms. The van der Waals surface area contributed by atoms with E-state index in [0.717, 1.165) is 6.54 Å². The Morgan fingerprint density at radius 3 is 2.00 bits per heavy atom. The van der Waals surface area contributed by atoms with Crippen molar-refractivity contribution in [3.63, 3.8) is 0 Å². The van der Waals surface area contributed by atoms with Crippen LogP contribution in [0.25, 0.3) is 0 Å². The molecule has 0 N–H and O–H groups in total. The summed E-state index contributed by atoms with van der Waals surface area (Å²) in [6.45, 7) is 15.0. The van der Waals surface area contributed by atoms with E-state index in [1.54, 1.807) is 0 Å². The highest BCUT2D eigenvalue weighted by Crippen LogP contribution is 2.36. The quantitative estimate of drug-likeness (QED) is 0.716. The lowest BCUT2D eigenvalue weighted by Crippen LogP contribution is -2.65. The zero-order valence-electron chi connectivity index (χ0n) is 12.8. The number of rotatable bonds is 1. The molecule has 1 amide bonds. The Morgan fingerprint density at radius 2 is 1.61 bits per heavy atom. The van der Waals surface area contributed by atoms with E-state index in [1.807, 2.05) is 0 Å². The first-order valence-corrected chi connectivity index (χ1v) is 7.17. The van der Waals surface area contributed by atoms with E-state index in [4.69, 9.17) is 0 Å². The van der Waals surface area contributed by atoms with E-state index in [-0.39, 0.29) is 11.0 Å². The monoisotopic (exact) mass is 252 g/mol. The average molecular weight is 252 g/mol. The predicted molar refractivity (Wildman–Crippen MR) is 74.4 cm³/mol. The highest BCUT2D eigenvalue weighted by Gasteiger charge is 2.46. The van der Waals surface area contributed by atoms with Gasteiger partial charge in [-0.3, -0.25) is 9.69 Å². The molecular formula is C15H28N2O. The fourth-order valence-corrected chi connectivity index (χ4v) is 2.92. The van der Waals surface area contributed by atoms with Gasteiger partial charge < -0.3 is 4.90 Å². The molecule has 0 aromatic rings. The van der Waals surface area contributed by atoms with Crippen LogP contribution in [0.15, 0.2) is 0 Å². The van der Waals surface area contributed by atoms with Crippen LogP contribution in [0.5, 0.6) is 0 Å². The van der Waals surface area contributed by atoms with Crippen molar-refractivity contribution < 1.29 is 4.79 Å². The number of nitrogens with zero attached hydrogens (tertiary/aromatic N) is 2. The lowest BCUT2D eigenvalue weighted by molar-refractivity contribution is -0.146. The molecule has 2 aliphatic rings. The fourth-order valence-electron chi connectivity index (χ4n) is 2.92. The van der Waals surface area contributed by atoms with E-state index in [0.29, 0.717) is 24.5 Å². The average Bonchev–Trinajstić information content (AvgIpc) is 2.97. The Balaban J connectivity index is 2.22. The van der Waals surface area contributed by atoms with Crippen LogP contribution in [-0.2, 0) is 4.79 Å². The molecule has 0 spiro atoms. The van der Waals surface area contributed by atoms with E-state index >= 15 is 0 Å². The number of carbonyl (C=O) groups excluding carboxylic acids is 1. The van der Waals surface area contributed by atoms with Crippen molar-refractivity contribution in [3.05, 3.63) is 0 Å². The molecule has 0 bridgehead atoms. The topological polar surface area (TPSA) is 23.6 Å². The molecule has 1 unspecified atom stereocenters. The first kappa shape index (κ1) is 13.9. The van der Waals surface area contributed by atoms with E-state index in [9.17, 15) is 4.79 Å². The maximum absolute atomic E-state index is 12.3. The second-order valence-corrected chi connectivity index (χ2v) is 7.96. The lowest BCUT2D eigenvalue weighted by atomic mass is 9.81. The van der Waals surface area contributed by atoms with Gasteiger partial charge >= 0.3 is 0 Å². The lowest BCUT2D eigenvalue weighted by Gasteiger charge is -2.52. The molecule has 0 aromatic heterocycles. The van der Waals surface area contributed by atoms with Crippen molar-refractivity contribution in [2.45, 2.75) is 72.0 Å². The Hall–Kier alpha value is -0.570. The van der Waals surface area contributed by atoms with Gasteiger partial charge in [0.2, 0.25) is 5.91 Å². The van der Waals surface area contributed by atoms with Gasteiger partial charge in [-0.1, -0.05) is 20.8 Å². The number of amides is 1. The molecule has 1 saturated heterocycles. The summed E-state index contributed by atoms with van der Waals surface area (Å²) in [4.78, 5) is 16.8. The maximum Gasteiger partial charge on any atom is 0.237 e. The summed E-state index contributed by atoms with van der Waals surface area (Å²) >= 11 is 0. The third-order valence-corrected chi connectivity index (χ3v) is 4.22. The second-order valence-electron chi connectivity index (χ2n) is 7.96. The van der Waals surface area contributed by atoms with Crippen LogP contribution in [0.4, 0.5) is 0 Å². The summed E-state index contributed by atoms with van der Waals surface area (Å²) in [5.41, 5.74) is 0.268. The molecule has 1 saturated carbocycles. The molecule has 104 valence electrons. The van der Waals surface area contributed by atoms with Crippen LogP contribution in [-0.4, -0.2) is 46.4 Å². The first-order valence-electron chi connectivity index (χ1n) is 7.17. The number of hydrogen-bond acceptors (Lipinski definition) is 2. The van der Waals surface area contributed by atoms with Crippen LogP contribution in [0, 0.1) is 5.41 Å². The van der Waals surface area contributed by atoms with Crippen LogP contribution in [0.1, 0.15) is 54.4 Å². The molecule has 1 heterocycles. The fraction of sp³-hybridized carbons (Fsp3) is 0.933. The largest absolute Gasteiger partial charge is 0.337 e. The van der Waals surface area contributed by atoms with Crippen molar-refractivity contribution in [1.82, 2.24) is 9.80 Å². The molecule has 1 atom stereocenters. The third kappa shape index (κ3) is 2.71. The summed E-state index contributed by atoms with van der Waals surface area (Å²) in [6, 6.07) is 1.00. The zero-order valence-corrected chi connectivity index (χ0v) is 12.8. The summed E-state index contributed by atoms with van der Waals surface area (Å²) in [5.74, 6) is 0.327. The SMILES string of the molecule is CC(C)(C)C1CN(C2CC2)C(=O)CN1C(C)(C)C. The summed E-state index contributed by atoms with van der Waals surface area (Å²) < 4.78 is 0. The van der Waals surface area contributed by atoms with Gasteiger partial charge in [-0.25, -0.2) is 0 Å². The standard InChI is InChI=1S/C15H28N2O/c1-14(2,3)12-9-16(11-7-8-11)13(18)10-17(12)15(4,5)6/h11-12H,7-10H2,1-6H3. The smallest absolute Gasteiger partial charge is 0.237 e. The van der Waals surface area contributed by atoms with E-state index < -0.39 is 0 Å². The van der Waals surface area contributed by atoms with Gasteiger partial charge in [0.25, 0.3) is 0 Å². The molecule has 18 heavy (non-hydrogen) atoms. The maximum atomic E-state index is 12.3. The summed E-state index contributed by atoms with van der Waals surface area (Å²) in [7, 11) is 0. The summed E-state index contributed by atoms with van der Waals surface area (Å²) in [6.07, 6.45) is 2.41. The van der Waals surface area contributed by atoms with Crippen molar-refractivity contribution in [2.24, 2.45) is 5.41 Å². The van der Waals surface area contributed by atoms with Gasteiger partial charge in [0.15, 0.2) is 0 Å². The van der Waals surface area contributed by atoms with Crippen molar-refractivity contribution in [2.75, 3.05) is 13.1 Å². The summed E-state index contributed by atoms with van der Waals surface area (Å²) in [5, 5.41) is 0. The minimum atomic E-state index is 0.0588. The van der Waals surface area contributed by atoms with Gasteiger partial charge in [0, 0.05) is 24.2 Å². The molecule has 1 aliphatic heterocycles. The predicted octanol–water partition coefficient (Wildman–Crippen LogP) is 2.51. The highest BCUT2D eigenvalue weighted by molar-refractivity contribution is 5.80. The zero-order chi connectivity index (χ0) is 13.7. The molecular weight excluding hydrogens is 224 g/mol. The van der Waals surface area contributed by atoms with Crippen LogP contribution in [0.2, 0.25) is 0 Å². The van der Waals surface area contributed by atoms with E-state index in [1.165, 1.54) is 12.8 Å². The molecule has 0 radical (unpaired) electrons. The molecule has 3 nitrogen and oxygen atoms in total. The third-order valence-electron chi connectivity index (χ3n) is 4.22. The van der Waals surface area contributed by atoms with Crippen LogP contribution in [0.3, 0.4) is 0 Å². The highest BCUT2D eigenvalue weighted by atomic mass is 16.2. The Kier molecular flexibility index (Phi) is 3.25. The number of hydrogen-bond donors (Lipinski definition) is 0. The molecule has 1 aliphatic carbocycles. The van der Waals surface area contributed by atoms with Crippen LogP contribution < -0.4 is 0 Å². The van der Waals surface area contributed by atoms with Crippen molar-refractivity contribution in [3.8, 4) is 0 Å². The molecule has 2 fully saturated rings. The minimum Gasteiger partial charge on any atom is -0.337 e. The first-order chi connectivity index (χ1) is 8.10. The minimum absolute atomic E-state index is 0.0588. The van der Waals surface area contributed by atoms with Gasteiger partial charge in [-0.15, -0.1) is 0 Å². The van der Waals surface area contributed by atoms with Gasteiger partial charge in [0.05, 0.1) is 6.54 Å². The Morgan fingerprint density at radius 1 is 1.06 bits per heavy atom. The van der Waals surface area contributed by atoms with Crippen molar-refractivity contribution in [1.29, 1.82) is 0 Å². The molecule has 2 rings (SSSR count). The van der Waals surface area contributed by atoms with E-state index in [2.05, 4.69) is 51.3 Å². The normalized spacial score (nSPS) is 27.8. The number of piperazine rings is 1. The van der Waals surface area contributed by atoms with Gasteiger partial charge in [-0.2, -0.15) is 0 Å². The van der Waals surface area contributed by atoms with Gasteiger partial charge in [-0.05, 0) is 39.0 Å². The number of carbonyl (C=O) groups is 1. The molecule has 0 aromatic carbocycles.